The van der Waals surface area contributed by atoms with Gasteiger partial charge in [-0.15, -0.1) is 0 Å². The summed E-state index contributed by atoms with van der Waals surface area (Å²) in [6.07, 6.45) is 0. The molecule has 5 nitrogen and oxygen atoms in total. The Balaban J connectivity index is 1.82. The largest absolute Gasteiger partial charge is 0.357 e. The van der Waals surface area contributed by atoms with Crippen LogP contribution in [0.4, 0.5) is 0 Å². The molecule has 0 unspecified atom stereocenters. The summed E-state index contributed by atoms with van der Waals surface area (Å²) in [6, 6.07) is 15.6. The van der Waals surface area contributed by atoms with Crippen molar-refractivity contribution in [2.45, 2.75) is 27.3 Å². The Morgan fingerprint density at radius 1 is 0.962 bits per heavy atom. The number of aryl methyl sites for hydroxylation is 2. The standard InChI is InChI=1S/C21H28N4O/c1-4-22-21(25-15-19-11-10-16(2)14-17(19)3)24-13-12-23-20(26)18-8-6-5-7-9-18/h5-11,14H,4,12-13,15H2,1-3H3,(H,23,26)(H2,22,24,25). The molecule has 0 spiro atoms. The Morgan fingerprint density at radius 3 is 2.38 bits per heavy atom. The van der Waals surface area contributed by atoms with Gasteiger partial charge in [-0.1, -0.05) is 42.0 Å². The normalized spacial score (nSPS) is 11.1. The van der Waals surface area contributed by atoms with Gasteiger partial charge in [0.2, 0.25) is 0 Å². The monoisotopic (exact) mass is 352 g/mol. The van der Waals surface area contributed by atoms with E-state index in [0.717, 1.165) is 12.5 Å². The quantitative estimate of drug-likeness (QED) is 0.408. The van der Waals surface area contributed by atoms with Gasteiger partial charge in [-0.3, -0.25) is 4.79 Å². The van der Waals surface area contributed by atoms with E-state index in [1.54, 1.807) is 12.1 Å². The van der Waals surface area contributed by atoms with Crippen molar-refractivity contribution in [3.63, 3.8) is 0 Å². The van der Waals surface area contributed by atoms with Crippen molar-refractivity contribution < 1.29 is 4.79 Å². The summed E-state index contributed by atoms with van der Waals surface area (Å²) in [5.41, 5.74) is 4.39. The Hall–Kier alpha value is -2.82. The topological polar surface area (TPSA) is 65.5 Å². The number of hydrogen-bond acceptors (Lipinski definition) is 2. The molecule has 0 atom stereocenters. The zero-order chi connectivity index (χ0) is 18.8. The van der Waals surface area contributed by atoms with Crippen LogP contribution in [0.1, 0.15) is 34.0 Å². The number of benzene rings is 2. The van der Waals surface area contributed by atoms with E-state index in [1.807, 2.05) is 25.1 Å². The third kappa shape index (κ3) is 6.24. The molecule has 0 aliphatic heterocycles. The van der Waals surface area contributed by atoms with Crippen LogP contribution < -0.4 is 16.0 Å². The molecule has 5 heteroatoms. The minimum absolute atomic E-state index is 0.0652. The minimum atomic E-state index is -0.0652. The van der Waals surface area contributed by atoms with E-state index in [2.05, 4.69) is 53.0 Å². The van der Waals surface area contributed by atoms with Crippen molar-refractivity contribution in [2.75, 3.05) is 19.6 Å². The minimum Gasteiger partial charge on any atom is -0.357 e. The highest BCUT2D eigenvalue weighted by Crippen LogP contribution is 2.11. The number of amides is 1. The average Bonchev–Trinajstić information content (AvgIpc) is 2.64. The molecule has 0 fully saturated rings. The lowest BCUT2D eigenvalue weighted by Gasteiger charge is -2.12. The molecular formula is C21H28N4O. The maximum Gasteiger partial charge on any atom is 0.251 e. The fourth-order valence-corrected chi connectivity index (χ4v) is 2.58. The van der Waals surface area contributed by atoms with Crippen LogP contribution in [0.2, 0.25) is 0 Å². The van der Waals surface area contributed by atoms with E-state index < -0.39 is 0 Å². The number of nitrogens with one attached hydrogen (secondary N) is 3. The molecule has 3 N–H and O–H groups in total. The van der Waals surface area contributed by atoms with Crippen LogP contribution in [0.15, 0.2) is 53.5 Å². The van der Waals surface area contributed by atoms with Crippen LogP contribution in [-0.2, 0) is 6.54 Å². The maximum atomic E-state index is 12.0. The molecule has 2 aromatic carbocycles. The number of guanidine groups is 1. The third-order valence-electron chi connectivity index (χ3n) is 3.99. The van der Waals surface area contributed by atoms with E-state index >= 15 is 0 Å². The van der Waals surface area contributed by atoms with E-state index in [0.29, 0.717) is 25.2 Å². The number of aliphatic imine (C=N–C) groups is 1. The molecule has 0 saturated heterocycles. The van der Waals surface area contributed by atoms with Crippen molar-refractivity contribution >= 4 is 11.9 Å². The van der Waals surface area contributed by atoms with E-state index in [4.69, 9.17) is 0 Å². The van der Waals surface area contributed by atoms with Gasteiger partial charge >= 0.3 is 0 Å². The summed E-state index contributed by atoms with van der Waals surface area (Å²) in [5, 5.41) is 9.38. The van der Waals surface area contributed by atoms with Crippen molar-refractivity contribution in [2.24, 2.45) is 4.99 Å². The number of carbonyl (C=O) groups excluding carboxylic acids is 1. The zero-order valence-electron chi connectivity index (χ0n) is 15.8. The van der Waals surface area contributed by atoms with Crippen molar-refractivity contribution in [1.29, 1.82) is 0 Å². The zero-order valence-corrected chi connectivity index (χ0v) is 15.8. The Kier molecular flexibility index (Phi) is 7.68. The molecule has 0 heterocycles. The lowest BCUT2D eigenvalue weighted by molar-refractivity contribution is 0.0954. The van der Waals surface area contributed by atoms with Gasteiger partial charge in [0, 0.05) is 25.2 Å². The van der Waals surface area contributed by atoms with Gasteiger partial charge in [0.1, 0.15) is 0 Å². The first kappa shape index (κ1) is 19.5. The van der Waals surface area contributed by atoms with Gasteiger partial charge in [-0.25, -0.2) is 4.99 Å². The predicted octanol–water partition coefficient (Wildman–Crippen LogP) is 2.79. The van der Waals surface area contributed by atoms with Gasteiger partial charge in [0.25, 0.3) is 5.91 Å². The molecule has 0 aliphatic rings. The van der Waals surface area contributed by atoms with Crippen LogP contribution in [0.5, 0.6) is 0 Å². The van der Waals surface area contributed by atoms with E-state index in [9.17, 15) is 4.79 Å². The highest BCUT2D eigenvalue weighted by Gasteiger charge is 2.04. The molecule has 0 saturated carbocycles. The smallest absolute Gasteiger partial charge is 0.251 e. The molecule has 0 aromatic heterocycles. The second kappa shape index (κ2) is 10.2. The van der Waals surface area contributed by atoms with E-state index in [1.165, 1.54) is 16.7 Å². The van der Waals surface area contributed by atoms with Crippen LogP contribution >= 0.6 is 0 Å². The fraction of sp³-hybridized carbons (Fsp3) is 0.333. The second-order valence-electron chi connectivity index (χ2n) is 6.17. The maximum absolute atomic E-state index is 12.0. The van der Waals surface area contributed by atoms with Crippen LogP contribution in [0.25, 0.3) is 0 Å². The lowest BCUT2D eigenvalue weighted by atomic mass is 10.1. The number of rotatable bonds is 7. The summed E-state index contributed by atoms with van der Waals surface area (Å²) >= 11 is 0. The predicted molar refractivity (Wildman–Crippen MR) is 108 cm³/mol. The summed E-state index contributed by atoms with van der Waals surface area (Å²) in [5.74, 6) is 0.686. The summed E-state index contributed by atoms with van der Waals surface area (Å²) < 4.78 is 0. The SMILES string of the molecule is CCNC(=NCc1ccc(C)cc1C)NCCNC(=O)c1ccccc1. The number of nitrogens with zero attached hydrogens (tertiary/aromatic N) is 1. The molecule has 138 valence electrons. The lowest BCUT2D eigenvalue weighted by Crippen LogP contribution is -2.41. The van der Waals surface area contributed by atoms with Gasteiger partial charge in [0.15, 0.2) is 5.96 Å². The van der Waals surface area contributed by atoms with Crippen molar-refractivity contribution in [1.82, 2.24) is 16.0 Å². The van der Waals surface area contributed by atoms with Crippen molar-refractivity contribution in [3.05, 3.63) is 70.8 Å². The first-order valence-corrected chi connectivity index (χ1v) is 9.01. The van der Waals surface area contributed by atoms with Crippen molar-refractivity contribution in [3.8, 4) is 0 Å². The molecule has 26 heavy (non-hydrogen) atoms. The Labute approximate surface area is 155 Å². The molecular weight excluding hydrogens is 324 g/mol. The Bertz CT molecular complexity index is 741. The first-order valence-electron chi connectivity index (χ1n) is 9.01. The summed E-state index contributed by atoms with van der Waals surface area (Å²) in [6.45, 7) is 8.78. The highest BCUT2D eigenvalue weighted by molar-refractivity contribution is 5.94. The summed E-state index contributed by atoms with van der Waals surface area (Å²) in [4.78, 5) is 16.6. The summed E-state index contributed by atoms with van der Waals surface area (Å²) in [7, 11) is 0. The average molecular weight is 352 g/mol. The van der Waals surface area contributed by atoms with Gasteiger partial charge in [0.05, 0.1) is 6.54 Å². The first-order chi connectivity index (χ1) is 12.6. The highest BCUT2D eigenvalue weighted by atomic mass is 16.1. The third-order valence-corrected chi connectivity index (χ3v) is 3.99. The molecule has 0 aliphatic carbocycles. The number of carbonyl (C=O) groups is 1. The van der Waals surface area contributed by atoms with Gasteiger partial charge in [-0.2, -0.15) is 0 Å². The van der Waals surface area contributed by atoms with Gasteiger partial charge < -0.3 is 16.0 Å². The van der Waals surface area contributed by atoms with Crippen LogP contribution in [0, 0.1) is 13.8 Å². The molecule has 0 bridgehead atoms. The molecule has 2 aromatic rings. The molecule has 2 rings (SSSR count). The Morgan fingerprint density at radius 2 is 1.69 bits per heavy atom. The molecule has 0 radical (unpaired) electrons. The van der Waals surface area contributed by atoms with Gasteiger partial charge in [-0.05, 0) is 44.0 Å². The second-order valence-corrected chi connectivity index (χ2v) is 6.17. The fourth-order valence-electron chi connectivity index (χ4n) is 2.58. The van der Waals surface area contributed by atoms with Crippen LogP contribution in [-0.4, -0.2) is 31.5 Å². The molecule has 1 amide bonds. The number of hydrogen-bond donors (Lipinski definition) is 3. The van der Waals surface area contributed by atoms with E-state index in [-0.39, 0.29) is 5.91 Å². The van der Waals surface area contributed by atoms with Crippen LogP contribution in [0.3, 0.4) is 0 Å².